The Kier molecular flexibility index (Phi) is 6.77. The van der Waals surface area contributed by atoms with Gasteiger partial charge in [0.1, 0.15) is 5.54 Å². The summed E-state index contributed by atoms with van der Waals surface area (Å²) in [4.78, 5) is 51.3. The van der Waals surface area contributed by atoms with Gasteiger partial charge in [-0.25, -0.2) is 4.79 Å². The molecule has 1 spiro atoms. The zero-order valence-electron chi connectivity index (χ0n) is 17.5. The molecular formula is C20H33N5O4. The summed E-state index contributed by atoms with van der Waals surface area (Å²) >= 11 is 0. The largest absolute Gasteiger partial charge is 0.356 e. The minimum atomic E-state index is -0.840. The highest BCUT2D eigenvalue weighted by Crippen LogP contribution is 2.33. The van der Waals surface area contributed by atoms with Crippen molar-refractivity contribution in [2.45, 2.75) is 64.3 Å². The molecule has 1 aliphatic carbocycles. The monoisotopic (exact) mass is 407 g/mol. The van der Waals surface area contributed by atoms with Gasteiger partial charge in [0, 0.05) is 19.0 Å². The molecule has 2 aliphatic heterocycles. The number of hydrazine groups is 1. The number of hydrogen-bond acceptors (Lipinski definition) is 5. The van der Waals surface area contributed by atoms with E-state index in [4.69, 9.17) is 0 Å². The lowest BCUT2D eigenvalue weighted by molar-refractivity contribution is -0.140. The van der Waals surface area contributed by atoms with E-state index in [9.17, 15) is 19.2 Å². The molecule has 3 N–H and O–H groups in total. The fourth-order valence-corrected chi connectivity index (χ4v) is 4.49. The summed E-state index contributed by atoms with van der Waals surface area (Å²) in [5.74, 6) is -0.426. The first-order valence-corrected chi connectivity index (χ1v) is 10.8. The average molecular weight is 408 g/mol. The highest BCUT2D eigenvalue weighted by atomic mass is 16.2. The Morgan fingerprint density at radius 2 is 1.90 bits per heavy atom. The lowest BCUT2D eigenvalue weighted by atomic mass is 9.82. The average Bonchev–Trinajstić information content (AvgIpc) is 2.90. The van der Waals surface area contributed by atoms with Crippen LogP contribution in [0.3, 0.4) is 0 Å². The van der Waals surface area contributed by atoms with Crippen LogP contribution < -0.4 is 16.1 Å². The van der Waals surface area contributed by atoms with Crippen molar-refractivity contribution in [3.63, 3.8) is 0 Å². The van der Waals surface area contributed by atoms with Crippen LogP contribution in [0, 0.1) is 11.8 Å². The van der Waals surface area contributed by atoms with Gasteiger partial charge in [-0.05, 0) is 38.1 Å². The van der Waals surface area contributed by atoms with E-state index < -0.39 is 11.6 Å². The molecule has 0 aromatic heterocycles. The van der Waals surface area contributed by atoms with Crippen molar-refractivity contribution in [1.29, 1.82) is 0 Å². The quantitative estimate of drug-likeness (QED) is 0.563. The van der Waals surface area contributed by atoms with Crippen LogP contribution in [0.2, 0.25) is 0 Å². The van der Waals surface area contributed by atoms with Crippen LogP contribution >= 0.6 is 0 Å². The second-order valence-corrected chi connectivity index (χ2v) is 8.89. The van der Waals surface area contributed by atoms with E-state index >= 15 is 0 Å². The summed E-state index contributed by atoms with van der Waals surface area (Å²) in [6.07, 6.45) is 6.06. The SMILES string of the molecule is CC(C)C(=O)NCC1CCCN(CC(=O)NN2C(=O)NC3(CCCCC3)C2=O)C1. The third-order valence-electron chi connectivity index (χ3n) is 6.17. The van der Waals surface area contributed by atoms with Gasteiger partial charge < -0.3 is 10.6 Å². The number of nitrogens with zero attached hydrogens (tertiary/aromatic N) is 2. The molecule has 3 aliphatic rings. The van der Waals surface area contributed by atoms with E-state index in [2.05, 4.69) is 16.1 Å². The number of carbonyl (C=O) groups excluding carboxylic acids is 4. The predicted molar refractivity (Wildman–Crippen MR) is 106 cm³/mol. The molecule has 0 aromatic rings. The van der Waals surface area contributed by atoms with Crippen LogP contribution in [0.15, 0.2) is 0 Å². The molecular weight excluding hydrogens is 374 g/mol. The van der Waals surface area contributed by atoms with E-state index in [-0.39, 0.29) is 30.2 Å². The number of piperidine rings is 1. The molecule has 162 valence electrons. The minimum absolute atomic E-state index is 0.0371. The topological polar surface area (TPSA) is 111 Å². The summed E-state index contributed by atoms with van der Waals surface area (Å²) in [5.41, 5.74) is 1.66. The van der Waals surface area contributed by atoms with Crippen molar-refractivity contribution in [3.8, 4) is 0 Å². The maximum absolute atomic E-state index is 12.8. The third kappa shape index (κ3) is 5.07. The predicted octanol–water partition coefficient (Wildman–Crippen LogP) is 0.757. The van der Waals surface area contributed by atoms with E-state index in [1.165, 1.54) is 0 Å². The van der Waals surface area contributed by atoms with E-state index in [1.807, 2.05) is 18.7 Å². The molecule has 0 aromatic carbocycles. The fourth-order valence-electron chi connectivity index (χ4n) is 4.49. The maximum Gasteiger partial charge on any atom is 0.344 e. The highest BCUT2D eigenvalue weighted by Gasteiger charge is 2.52. The summed E-state index contributed by atoms with van der Waals surface area (Å²) in [5, 5.41) is 6.61. The van der Waals surface area contributed by atoms with Gasteiger partial charge in [0.05, 0.1) is 6.54 Å². The third-order valence-corrected chi connectivity index (χ3v) is 6.17. The van der Waals surface area contributed by atoms with Crippen molar-refractivity contribution in [2.75, 3.05) is 26.2 Å². The lowest BCUT2D eigenvalue weighted by Gasteiger charge is -2.33. The summed E-state index contributed by atoms with van der Waals surface area (Å²) in [7, 11) is 0. The number of amides is 5. The Morgan fingerprint density at radius 3 is 2.59 bits per heavy atom. The summed E-state index contributed by atoms with van der Waals surface area (Å²) in [6.45, 7) is 5.94. The second-order valence-electron chi connectivity index (χ2n) is 8.89. The van der Waals surface area contributed by atoms with Gasteiger partial charge in [-0.1, -0.05) is 33.1 Å². The van der Waals surface area contributed by atoms with Crippen LogP contribution in [-0.4, -0.2) is 65.4 Å². The minimum Gasteiger partial charge on any atom is -0.356 e. The highest BCUT2D eigenvalue weighted by molar-refractivity contribution is 6.08. The molecule has 9 heteroatoms. The molecule has 3 fully saturated rings. The Morgan fingerprint density at radius 1 is 1.17 bits per heavy atom. The Balaban J connectivity index is 1.48. The Hall–Kier alpha value is -2.16. The van der Waals surface area contributed by atoms with Crippen LogP contribution in [-0.2, 0) is 14.4 Å². The van der Waals surface area contributed by atoms with Crippen molar-refractivity contribution in [3.05, 3.63) is 0 Å². The van der Waals surface area contributed by atoms with Crippen LogP contribution in [0.4, 0.5) is 4.79 Å². The molecule has 0 radical (unpaired) electrons. The Bertz CT molecular complexity index is 659. The lowest BCUT2D eigenvalue weighted by Crippen LogP contribution is -2.53. The molecule has 3 rings (SSSR count). The molecule has 2 saturated heterocycles. The number of urea groups is 1. The first-order chi connectivity index (χ1) is 13.8. The van der Waals surface area contributed by atoms with Crippen LogP contribution in [0.5, 0.6) is 0 Å². The molecule has 0 bridgehead atoms. The van der Waals surface area contributed by atoms with Crippen molar-refractivity contribution in [1.82, 2.24) is 26.0 Å². The number of carbonyl (C=O) groups is 4. The van der Waals surface area contributed by atoms with Crippen molar-refractivity contribution >= 4 is 23.8 Å². The zero-order chi connectivity index (χ0) is 21.0. The van der Waals surface area contributed by atoms with Gasteiger partial charge >= 0.3 is 6.03 Å². The zero-order valence-corrected chi connectivity index (χ0v) is 17.5. The summed E-state index contributed by atoms with van der Waals surface area (Å²) in [6, 6.07) is -0.543. The standard InChI is InChI=1S/C20H33N5O4/c1-14(2)17(27)21-11-15-7-6-10-24(12-15)13-16(26)23-25-18(28)20(22-19(25)29)8-4-3-5-9-20/h14-15H,3-13H2,1-2H3,(H,21,27)(H,22,29)(H,23,26). The molecule has 1 saturated carbocycles. The molecule has 29 heavy (non-hydrogen) atoms. The number of rotatable bonds is 6. The smallest absolute Gasteiger partial charge is 0.344 e. The molecule has 5 amide bonds. The van der Waals surface area contributed by atoms with Crippen LogP contribution in [0.25, 0.3) is 0 Å². The fraction of sp³-hybridized carbons (Fsp3) is 0.800. The van der Waals surface area contributed by atoms with Gasteiger partial charge in [-0.2, -0.15) is 5.01 Å². The van der Waals surface area contributed by atoms with E-state index in [0.717, 1.165) is 43.7 Å². The molecule has 1 atom stereocenters. The van der Waals surface area contributed by atoms with Crippen molar-refractivity contribution in [2.24, 2.45) is 11.8 Å². The van der Waals surface area contributed by atoms with E-state index in [0.29, 0.717) is 31.8 Å². The number of nitrogens with one attached hydrogen (secondary N) is 3. The first-order valence-electron chi connectivity index (χ1n) is 10.8. The molecule has 2 heterocycles. The van der Waals surface area contributed by atoms with Gasteiger partial charge in [0.25, 0.3) is 11.8 Å². The molecule has 1 unspecified atom stereocenters. The normalized spacial score (nSPS) is 24.7. The van der Waals surface area contributed by atoms with Gasteiger partial charge in [0.15, 0.2) is 0 Å². The van der Waals surface area contributed by atoms with Gasteiger partial charge in [0.2, 0.25) is 5.91 Å². The summed E-state index contributed by atoms with van der Waals surface area (Å²) < 4.78 is 0. The Labute approximate surface area is 171 Å². The second kappa shape index (κ2) is 9.11. The number of likely N-dealkylation sites (tertiary alicyclic amines) is 1. The number of hydrogen-bond donors (Lipinski definition) is 3. The van der Waals surface area contributed by atoms with Gasteiger partial charge in [-0.15, -0.1) is 0 Å². The molecule has 9 nitrogen and oxygen atoms in total. The number of imide groups is 1. The van der Waals surface area contributed by atoms with Gasteiger partial charge in [-0.3, -0.25) is 24.7 Å². The van der Waals surface area contributed by atoms with Crippen molar-refractivity contribution < 1.29 is 19.2 Å². The first kappa shape index (κ1) is 21.5. The maximum atomic E-state index is 12.8. The van der Waals surface area contributed by atoms with E-state index in [1.54, 1.807) is 0 Å². The van der Waals surface area contributed by atoms with Crippen LogP contribution in [0.1, 0.15) is 58.8 Å².